The molecule has 2 rings (SSSR count). The quantitative estimate of drug-likeness (QED) is 0.921. The van der Waals surface area contributed by atoms with Crippen LogP contribution in [0.25, 0.3) is 0 Å². The number of hydrogen-bond donors (Lipinski definition) is 1. The van der Waals surface area contributed by atoms with Gasteiger partial charge in [0.1, 0.15) is 6.04 Å². The van der Waals surface area contributed by atoms with Crippen LogP contribution in [0.15, 0.2) is 18.2 Å². The molecule has 92 valence electrons. The lowest BCUT2D eigenvalue weighted by Crippen LogP contribution is -2.35. The maximum absolute atomic E-state index is 11.0. The highest BCUT2D eigenvalue weighted by Crippen LogP contribution is 2.25. The summed E-state index contributed by atoms with van der Waals surface area (Å²) in [5, 5.41) is 10.1. The Morgan fingerprint density at radius 3 is 2.82 bits per heavy atom. The lowest BCUT2D eigenvalue weighted by atomic mass is 10.2. The van der Waals surface area contributed by atoms with E-state index in [1.54, 1.807) is 12.1 Å². The maximum atomic E-state index is 11.0. The van der Waals surface area contributed by atoms with Gasteiger partial charge in [-0.15, -0.1) is 0 Å². The zero-order valence-corrected chi connectivity index (χ0v) is 10.7. The zero-order valence-electron chi connectivity index (χ0n) is 9.20. The molecule has 1 saturated heterocycles. The highest BCUT2D eigenvalue weighted by atomic mass is 35.5. The van der Waals surface area contributed by atoms with Crippen molar-refractivity contribution in [1.29, 1.82) is 0 Å². The van der Waals surface area contributed by atoms with Crippen LogP contribution in [0.4, 0.5) is 0 Å². The van der Waals surface area contributed by atoms with E-state index in [4.69, 9.17) is 28.3 Å². The fourth-order valence-electron chi connectivity index (χ4n) is 2.17. The molecule has 17 heavy (non-hydrogen) atoms. The van der Waals surface area contributed by atoms with Crippen molar-refractivity contribution >= 4 is 29.2 Å². The third-order valence-electron chi connectivity index (χ3n) is 3.02. The number of likely N-dealkylation sites (tertiary alicyclic amines) is 1. The average Bonchev–Trinajstić information content (AvgIpc) is 2.72. The van der Waals surface area contributed by atoms with Crippen LogP contribution < -0.4 is 0 Å². The standard InChI is InChI=1S/C12H13Cl2NO2/c13-9-4-3-8(6-10(9)14)7-15-5-1-2-11(15)12(16)17/h3-4,6,11H,1-2,5,7H2,(H,16,17). The van der Waals surface area contributed by atoms with E-state index in [-0.39, 0.29) is 6.04 Å². The highest BCUT2D eigenvalue weighted by molar-refractivity contribution is 6.42. The maximum Gasteiger partial charge on any atom is 0.320 e. The Labute approximate surface area is 110 Å². The molecule has 1 aliphatic rings. The SMILES string of the molecule is O=C(O)C1CCCN1Cc1ccc(Cl)c(Cl)c1. The first-order valence-corrected chi connectivity index (χ1v) is 6.24. The number of carboxylic acids is 1. The van der Waals surface area contributed by atoms with E-state index in [0.717, 1.165) is 24.9 Å². The Balaban J connectivity index is 2.09. The Morgan fingerprint density at radius 1 is 1.41 bits per heavy atom. The number of carbonyl (C=O) groups is 1. The van der Waals surface area contributed by atoms with Crippen LogP contribution in [0.2, 0.25) is 10.0 Å². The topological polar surface area (TPSA) is 40.5 Å². The molecule has 0 amide bonds. The minimum Gasteiger partial charge on any atom is -0.480 e. The minimum atomic E-state index is -0.748. The van der Waals surface area contributed by atoms with Gasteiger partial charge in [0, 0.05) is 6.54 Å². The second-order valence-corrected chi connectivity index (χ2v) is 5.03. The number of halogens is 2. The molecule has 0 aromatic heterocycles. The molecule has 1 aromatic carbocycles. The van der Waals surface area contributed by atoms with E-state index >= 15 is 0 Å². The first-order valence-electron chi connectivity index (χ1n) is 5.48. The third kappa shape index (κ3) is 2.92. The number of carboxylic acid groups (broad SMARTS) is 1. The first-order chi connectivity index (χ1) is 8.08. The van der Waals surface area contributed by atoms with Crippen LogP contribution >= 0.6 is 23.2 Å². The fourth-order valence-corrected chi connectivity index (χ4v) is 2.49. The molecular weight excluding hydrogens is 261 g/mol. The third-order valence-corrected chi connectivity index (χ3v) is 3.76. The van der Waals surface area contributed by atoms with E-state index in [1.165, 1.54) is 0 Å². The molecule has 0 radical (unpaired) electrons. The molecule has 5 heteroatoms. The summed E-state index contributed by atoms with van der Waals surface area (Å²) < 4.78 is 0. The average molecular weight is 274 g/mol. The van der Waals surface area contributed by atoms with E-state index in [0.29, 0.717) is 16.6 Å². The number of benzene rings is 1. The van der Waals surface area contributed by atoms with Crippen molar-refractivity contribution in [2.75, 3.05) is 6.54 Å². The van der Waals surface area contributed by atoms with Crippen molar-refractivity contribution in [1.82, 2.24) is 4.90 Å². The van der Waals surface area contributed by atoms with Crippen LogP contribution in [0.5, 0.6) is 0 Å². The van der Waals surface area contributed by atoms with Gasteiger partial charge in [0.05, 0.1) is 10.0 Å². The summed E-state index contributed by atoms with van der Waals surface area (Å²) in [6.07, 6.45) is 1.65. The molecule has 0 aliphatic carbocycles. The summed E-state index contributed by atoms with van der Waals surface area (Å²) in [4.78, 5) is 13.0. The second kappa shape index (κ2) is 5.25. The Morgan fingerprint density at radius 2 is 2.18 bits per heavy atom. The lowest BCUT2D eigenvalue weighted by molar-refractivity contribution is -0.142. The van der Waals surface area contributed by atoms with E-state index in [9.17, 15) is 4.79 Å². The van der Waals surface area contributed by atoms with Gasteiger partial charge in [-0.3, -0.25) is 9.69 Å². The van der Waals surface area contributed by atoms with Crippen molar-refractivity contribution in [3.63, 3.8) is 0 Å². The summed E-state index contributed by atoms with van der Waals surface area (Å²) in [5.74, 6) is -0.748. The summed E-state index contributed by atoms with van der Waals surface area (Å²) in [5.41, 5.74) is 0.993. The van der Waals surface area contributed by atoms with Gasteiger partial charge in [-0.25, -0.2) is 0 Å². The molecule has 3 nitrogen and oxygen atoms in total. The summed E-state index contributed by atoms with van der Waals surface area (Å²) >= 11 is 11.8. The molecule has 0 bridgehead atoms. The van der Waals surface area contributed by atoms with Gasteiger partial charge in [0.25, 0.3) is 0 Å². The molecule has 1 unspecified atom stereocenters. The Kier molecular flexibility index (Phi) is 3.92. The molecule has 1 atom stereocenters. The fraction of sp³-hybridized carbons (Fsp3) is 0.417. The van der Waals surface area contributed by atoms with Gasteiger partial charge in [0.2, 0.25) is 0 Å². The van der Waals surface area contributed by atoms with Gasteiger partial charge in [-0.2, -0.15) is 0 Å². The first kappa shape index (κ1) is 12.7. The van der Waals surface area contributed by atoms with Crippen LogP contribution in [-0.4, -0.2) is 28.6 Å². The lowest BCUT2D eigenvalue weighted by Gasteiger charge is -2.21. The summed E-state index contributed by atoms with van der Waals surface area (Å²) in [6, 6.07) is 5.04. The van der Waals surface area contributed by atoms with E-state index in [1.807, 2.05) is 11.0 Å². The number of aliphatic carboxylic acids is 1. The van der Waals surface area contributed by atoms with E-state index in [2.05, 4.69) is 0 Å². The van der Waals surface area contributed by atoms with Crippen molar-refractivity contribution in [3.8, 4) is 0 Å². The molecular formula is C12H13Cl2NO2. The predicted molar refractivity (Wildman–Crippen MR) is 67.5 cm³/mol. The summed E-state index contributed by atoms with van der Waals surface area (Å²) in [7, 11) is 0. The Hall–Kier alpha value is -0.770. The normalized spacial score (nSPS) is 20.7. The largest absolute Gasteiger partial charge is 0.480 e. The molecule has 0 saturated carbocycles. The zero-order chi connectivity index (χ0) is 12.4. The van der Waals surface area contributed by atoms with E-state index < -0.39 is 5.97 Å². The number of rotatable bonds is 3. The number of nitrogens with zero attached hydrogens (tertiary/aromatic N) is 1. The second-order valence-electron chi connectivity index (χ2n) is 4.22. The molecule has 0 spiro atoms. The molecule has 1 N–H and O–H groups in total. The summed E-state index contributed by atoms with van der Waals surface area (Å²) in [6.45, 7) is 1.42. The molecule has 1 aromatic rings. The van der Waals surface area contributed by atoms with Crippen molar-refractivity contribution < 1.29 is 9.90 Å². The highest BCUT2D eigenvalue weighted by Gasteiger charge is 2.30. The van der Waals surface area contributed by atoms with Crippen LogP contribution in [0.1, 0.15) is 18.4 Å². The van der Waals surface area contributed by atoms with Gasteiger partial charge in [-0.1, -0.05) is 29.3 Å². The Bertz CT molecular complexity index is 437. The van der Waals surface area contributed by atoms with Crippen molar-refractivity contribution in [2.24, 2.45) is 0 Å². The predicted octanol–water partition coefficient (Wildman–Crippen LogP) is 3.04. The molecule has 1 fully saturated rings. The molecule has 1 heterocycles. The molecule has 1 aliphatic heterocycles. The number of hydrogen-bond acceptors (Lipinski definition) is 2. The monoisotopic (exact) mass is 273 g/mol. The van der Waals surface area contributed by atoms with Crippen molar-refractivity contribution in [3.05, 3.63) is 33.8 Å². The minimum absolute atomic E-state index is 0.371. The van der Waals surface area contributed by atoms with Crippen molar-refractivity contribution in [2.45, 2.75) is 25.4 Å². The van der Waals surface area contributed by atoms with Crippen LogP contribution in [-0.2, 0) is 11.3 Å². The van der Waals surface area contributed by atoms with Gasteiger partial charge in [-0.05, 0) is 37.1 Å². The van der Waals surface area contributed by atoms with Gasteiger partial charge < -0.3 is 5.11 Å². The van der Waals surface area contributed by atoms with Gasteiger partial charge >= 0.3 is 5.97 Å². The smallest absolute Gasteiger partial charge is 0.320 e. The van der Waals surface area contributed by atoms with Crippen LogP contribution in [0.3, 0.4) is 0 Å². The van der Waals surface area contributed by atoms with Crippen LogP contribution in [0, 0.1) is 0 Å². The van der Waals surface area contributed by atoms with Gasteiger partial charge in [0.15, 0.2) is 0 Å².